The number of aliphatic hydroxyl groups is 1. The number of amides is 3. The highest BCUT2D eigenvalue weighted by Crippen LogP contribution is 2.30. The molecule has 3 aliphatic rings. The summed E-state index contributed by atoms with van der Waals surface area (Å²) in [5.41, 5.74) is 2.28. The maximum atomic E-state index is 12.2. The molecule has 2 bridgehead atoms. The Morgan fingerprint density at radius 1 is 1.40 bits per heavy atom. The topological polar surface area (TPSA) is 158 Å². The van der Waals surface area contributed by atoms with E-state index in [1.807, 2.05) is 0 Å². The van der Waals surface area contributed by atoms with Crippen molar-refractivity contribution in [2.24, 2.45) is 0 Å². The van der Waals surface area contributed by atoms with Crippen molar-refractivity contribution in [3.63, 3.8) is 0 Å². The number of nitrogens with zero attached hydrogens (tertiary/aromatic N) is 2. The zero-order valence-corrected chi connectivity index (χ0v) is 14.0. The van der Waals surface area contributed by atoms with Gasteiger partial charge in [0.1, 0.15) is 6.04 Å². The van der Waals surface area contributed by atoms with Gasteiger partial charge in [0.25, 0.3) is 5.91 Å². The van der Waals surface area contributed by atoms with Crippen LogP contribution >= 0.6 is 0 Å². The molecule has 3 amide bonds. The van der Waals surface area contributed by atoms with Gasteiger partial charge in [0.05, 0.1) is 18.8 Å². The number of hydroxylamine groups is 3. The molecule has 142 valence electrons. The van der Waals surface area contributed by atoms with Crippen molar-refractivity contribution in [3.05, 3.63) is 0 Å². The normalized spacial score (nSPS) is 32.3. The second-order valence-corrected chi connectivity index (χ2v) is 7.29. The Kier molecular flexibility index (Phi) is 5.13. The molecule has 0 unspecified atom stereocenters. The number of carbonyl (C=O) groups excluding carboxylic acids is 2. The van der Waals surface area contributed by atoms with Gasteiger partial charge in [-0.3, -0.25) is 14.2 Å². The Balaban J connectivity index is 1.52. The van der Waals surface area contributed by atoms with Crippen LogP contribution in [0.15, 0.2) is 0 Å². The van der Waals surface area contributed by atoms with E-state index < -0.39 is 40.5 Å². The Morgan fingerprint density at radius 2 is 2.16 bits per heavy atom. The first-order chi connectivity index (χ1) is 11.7. The number of urea groups is 1. The van der Waals surface area contributed by atoms with Gasteiger partial charge in [0.2, 0.25) is 0 Å². The summed E-state index contributed by atoms with van der Waals surface area (Å²) in [5, 5.41) is 13.0. The Hall–Kier alpha value is -1.51. The third-order valence-corrected chi connectivity index (χ3v) is 4.81. The number of aliphatic hydroxyl groups excluding tert-OH is 1. The predicted octanol–water partition coefficient (Wildman–Crippen LogP) is -2.24. The lowest BCUT2D eigenvalue weighted by Gasteiger charge is -2.29. The van der Waals surface area contributed by atoms with Gasteiger partial charge in [-0.05, 0) is 19.3 Å². The molecule has 0 aliphatic carbocycles. The molecule has 0 aromatic carbocycles. The molecule has 12 nitrogen and oxygen atoms in total. The Bertz CT molecular complexity index is 643. The molecule has 3 rings (SSSR count). The van der Waals surface area contributed by atoms with Crippen LogP contribution in [-0.2, 0) is 24.3 Å². The molecule has 3 aliphatic heterocycles. The summed E-state index contributed by atoms with van der Waals surface area (Å²) in [7, 11) is -4.82. The molecule has 0 radical (unpaired) electrons. The van der Waals surface area contributed by atoms with Gasteiger partial charge in [-0.15, -0.1) is 4.28 Å². The van der Waals surface area contributed by atoms with Crippen molar-refractivity contribution in [1.29, 1.82) is 0 Å². The van der Waals surface area contributed by atoms with Crippen molar-refractivity contribution in [2.75, 3.05) is 19.7 Å². The maximum absolute atomic E-state index is 12.2. The molecular weight excluding hydrogens is 360 g/mol. The summed E-state index contributed by atoms with van der Waals surface area (Å²) in [5.74, 6) is -0.529. The molecule has 3 fully saturated rings. The van der Waals surface area contributed by atoms with E-state index in [2.05, 4.69) is 15.1 Å². The number of hydrogen-bond acceptors (Lipinski definition) is 8. The smallest absolute Gasteiger partial charge is 0.392 e. The predicted molar refractivity (Wildman–Crippen MR) is 79.9 cm³/mol. The second kappa shape index (κ2) is 7.01. The molecular formula is C12H20N4O8S. The fraction of sp³-hybridized carbons (Fsp3) is 0.833. The number of nitrogens with one attached hydrogen (secondary N) is 2. The number of rotatable bonds is 6. The molecule has 3 saturated heterocycles. The number of fused-ring (bicyclic) bond motifs is 2. The lowest BCUT2D eigenvalue weighted by Crippen LogP contribution is -2.50. The molecule has 0 spiro atoms. The van der Waals surface area contributed by atoms with E-state index in [1.54, 1.807) is 0 Å². The maximum Gasteiger partial charge on any atom is 0.418 e. The van der Waals surface area contributed by atoms with Gasteiger partial charge in [-0.1, -0.05) is 0 Å². The van der Waals surface area contributed by atoms with E-state index in [9.17, 15) is 23.1 Å². The summed E-state index contributed by atoms with van der Waals surface area (Å²) >= 11 is 0. The second-order valence-electron chi connectivity index (χ2n) is 6.28. The van der Waals surface area contributed by atoms with Crippen molar-refractivity contribution >= 4 is 22.3 Å². The van der Waals surface area contributed by atoms with Crippen LogP contribution in [0.4, 0.5) is 4.79 Å². The minimum atomic E-state index is -4.82. The summed E-state index contributed by atoms with van der Waals surface area (Å²) in [4.78, 5) is 30.7. The van der Waals surface area contributed by atoms with Crippen LogP contribution in [0.1, 0.15) is 19.3 Å². The first kappa shape index (κ1) is 18.3. The van der Waals surface area contributed by atoms with E-state index >= 15 is 0 Å². The van der Waals surface area contributed by atoms with Crippen molar-refractivity contribution in [3.8, 4) is 0 Å². The molecule has 25 heavy (non-hydrogen) atoms. The van der Waals surface area contributed by atoms with Crippen LogP contribution in [0.25, 0.3) is 0 Å². The van der Waals surface area contributed by atoms with Crippen LogP contribution in [0.5, 0.6) is 0 Å². The SMILES string of the molecule is O=C(NOC[C@@H]1C[C@H](O)CN1)[C@@H]1CC[C@@H]2CN1C(=O)N2OS(=O)(=O)O. The molecule has 4 atom stereocenters. The van der Waals surface area contributed by atoms with Crippen LogP contribution in [0.3, 0.4) is 0 Å². The Labute approximate surface area is 143 Å². The van der Waals surface area contributed by atoms with Crippen molar-refractivity contribution < 1.29 is 36.8 Å². The molecule has 3 heterocycles. The number of hydrogen-bond donors (Lipinski definition) is 4. The lowest BCUT2D eigenvalue weighted by molar-refractivity contribution is -0.139. The highest BCUT2D eigenvalue weighted by molar-refractivity contribution is 7.80. The van der Waals surface area contributed by atoms with E-state index in [-0.39, 0.29) is 19.2 Å². The van der Waals surface area contributed by atoms with Crippen molar-refractivity contribution in [1.82, 2.24) is 20.8 Å². The molecule has 4 N–H and O–H groups in total. The van der Waals surface area contributed by atoms with E-state index in [0.29, 0.717) is 30.9 Å². The van der Waals surface area contributed by atoms with Gasteiger partial charge in [-0.2, -0.15) is 13.5 Å². The van der Waals surface area contributed by atoms with Gasteiger partial charge in [-0.25, -0.2) is 10.3 Å². The first-order valence-corrected chi connectivity index (χ1v) is 9.21. The van der Waals surface area contributed by atoms with Crippen LogP contribution < -0.4 is 10.8 Å². The quantitative estimate of drug-likeness (QED) is 0.295. The van der Waals surface area contributed by atoms with E-state index in [0.717, 1.165) is 0 Å². The summed E-state index contributed by atoms with van der Waals surface area (Å²) in [6.07, 6.45) is 0.729. The highest BCUT2D eigenvalue weighted by atomic mass is 32.3. The zero-order valence-electron chi connectivity index (χ0n) is 13.2. The first-order valence-electron chi connectivity index (χ1n) is 7.84. The van der Waals surface area contributed by atoms with Gasteiger partial charge >= 0.3 is 16.4 Å². The minimum Gasteiger partial charge on any atom is -0.392 e. The zero-order chi connectivity index (χ0) is 18.2. The number of carbonyl (C=O) groups is 2. The monoisotopic (exact) mass is 380 g/mol. The molecule has 0 saturated carbocycles. The summed E-state index contributed by atoms with van der Waals surface area (Å²) in [6, 6.07) is -2.25. The van der Waals surface area contributed by atoms with Gasteiger partial charge in [0, 0.05) is 19.1 Å². The van der Waals surface area contributed by atoms with Gasteiger partial charge in [0.15, 0.2) is 0 Å². The largest absolute Gasteiger partial charge is 0.418 e. The average molecular weight is 380 g/mol. The average Bonchev–Trinajstić information content (AvgIpc) is 3.04. The number of β-amino-alcohol motifs (C(OH)–C–C–N with tert-alkyl or cyclic N) is 1. The van der Waals surface area contributed by atoms with Crippen LogP contribution in [0, 0.1) is 0 Å². The van der Waals surface area contributed by atoms with E-state index in [1.165, 1.54) is 4.90 Å². The van der Waals surface area contributed by atoms with Crippen LogP contribution in [-0.4, -0.2) is 83.9 Å². The molecule has 13 heteroatoms. The fourth-order valence-corrected chi connectivity index (χ4v) is 3.70. The summed E-state index contributed by atoms with van der Waals surface area (Å²) < 4.78 is 34.7. The fourth-order valence-electron chi connectivity index (χ4n) is 3.31. The van der Waals surface area contributed by atoms with Crippen LogP contribution in [0.2, 0.25) is 0 Å². The third kappa shape index (κ3) is 4.19. The Morgan fingerprint density at radius 3 is 2.80 bits per heavy atom. The minimum absolute atomic E-state index is 0.0712. The van der Waals surface area contributed by atoms with E-state index in [4.69, 9.17) is 9.39 Å². The lowest BCUT2D eigenvalue weighted by atomic mass is 10.0. The highest BCUT2D eigenvalue weighted by Gasteiger charge is 2.49. The standard InChI is InChI=1S/C12H20N4O8S/c17-9-3-7(13-4-9)6-23-14-11(18)10-2-1-8-5-15(10)12(19)16(8)24-25(20,21)22/h7-10,13,17H,1-6H2,(H,14,18)(H,20,21,22)/t7-,8+,9-,10-/m0/s1. The van der Waals surface area contributed by atoms with Gasteiger partial charge < -0.3 is 15.3 Å². The third-order valence-electron chi connectivity index (χ3n) is 4.46. The van der Waals surface area contributed by atoms with Crippen molar-refractivity contribution in [2.45, 2.75) is 43.5 Å². The molecule has 0 aromatic heterocycles. The number of piperidine rings is 1. The summed E-state index contributed by atoms with van der Waals surface area (Å²) in [6.45, 7) is 0.755. The molecule has 0 aromatic rings.